The highest BCUT2D eigenvalue weighted by atomic mass is 35.5. The summed E-state index contributed by atoms with van der Waals surface area (Å²) in [6.07, 6.45) is 5.00. The zero-order valence-corrected chi connectivity index (χ0v) is 18.9. The molecule has 0 spiro atoms. The van der Waals surface area contributed by atoms with Gasteiger partial charge in [-0.05, 0) is 58.8 Å². The number of rotatable bonds is 9. The summed E-state index contributed by atoms with van der Waals surface area (Å²) >= 11 is 6.09. The second-order valence-electron chi connectivity index (χ2n) is 7.28. The number of hydrogen-bond acceptors (Lipinski definition) is 6. The van der Waals surface area contributed by atoms with Crippen molar-refractivity contribution in [1.82, 2.24) is 25.5 Å². The van der Waals surface area contributed by atoms with E-state index in [9.17, 15) is 14.4 Å². The molecule has 1 atom stereocenters. The fourth-order valence-electron chi connectivity index (χ4n) is 3.17. The summed E-state index contributed by atoms with van der Waals surface area (Å²) in [7, 11) is 0. The van der Waals surface area contributed by atoms with Crippen LogP contribution < -0.4 is 10.6 Å². The molecule has 0 unspecified atom stereocenters. The molecule has 3 aromatic rings. The second kappa shape index (κ2) is 11.1. The number of nitrogens with zero attached hydrogens (tertiary/aromatic N) is 4. The number of benzene rings is 2. The average molecular weight is 467 g/mol. The summed E-state index contributed by atoms with van der Waals surface area (Å²) in [4.78, 5) is 36.3. The van der Waals surface area contributed by atoms with E-state index in [1.54, 1.807) is 48.5 Å². The van der Waals surface area contributed by atoms with Gasteiger partial charge in [0.05, 0.1) is 11.7 Å². The van der Waals surface area contributed by atoms with Crippen molar-refractivity contribution in [1.29, 1.82) is 0 Å². The van der Waals surface area contributed by atoms with Crippen molar-refractivity contribution in [2.24, 2.45) is 0 Å². The first-order chi connectivity index (χ1) is 15.9. The van der Waals surface area contributed by atoms with E-state index < -0.39 is 11.9 Å². The number of nitrogens with one attached hydrogen (secondary N) is 2. The van der Waals surface area contributed by atoms with Crippen LogP contribution in [0.3, 0.4) is 0 Å². The summed E-state index contributed by atoms with van der Waals surface area (Å²) in [6, 6.07) is 11.5. The Labute approximate surface area is 195 Å². The Bertz CT molecular complexity index is 1160. The topological polar surface area (TPSA) is 119 Å². The summed E-state index contributed by atoms with van der Waals surface area (Å²) in [6.45, 7) is 3.26. The predicted octanol–water partition coefficient (Wildman–Crippen LogP) is 2.99. The van der Waals surface area contributed by atoms with Gasteiger partial charge >= 0.3 is 0 Å². The minimum absolute atomic E-state index is 0.108. The van der Waals surface area contributed by atoms with Crippen LogP contribution in [0.2, 0.25) is 5.02 Å². The molecule has 0 aliphatic carbocycles. The van der Waals surface area contributed by atoms with Gasteiger partial charge in [0.15, 0.2) is 5.78 Å². The Morgan fingerprint density at radius 2 is 1.91 bits per heavy atom. The molecular formula is C23H23ClN6O3. The first-order valence-electron chi connectivity index (χ1n) is 10.3. The molecule has 9 nitrogen and oxygen atoms in total. The Morgan fingerprint density at radius 1 is 1.15 bits per heavy atom. The van der Waals surface area contributed by atoms with Gasteiger partial charge in [0.1, 0.15) is 6.33 Å². The van der Waals surface area contributed by atoms with Gasteiger partial charge < -0.3 is 10.6 Å². The lowest BCUT2D eigenvalue weighted by Gasteiger charge is -2.15. The fraction of sp³-hybridized carbons (Fsp3) is 0.217. The van der Waals surface area contributed by atoms with Crippen LogP contribution in [0.5, 0.6) is 0 Å². The molecule has 1 aromatic heterocycles. The van der Waals surface area contributed by atoms with Gasteiger partial charge in [-0.2, -0.15) is 4.68 Å². The maximum atomic E-state index is 12.7. The smallest absolute Gasteiger partial charge is 0.244 e. The predicted molar refractivity (Wildman–Crippen MR) is 125 cm³/mol. The minimum atomic E-state index is -0.629. The number of amides is 2. The normalized spacial score (nSPS) is 11.8. The molecular weight excluding hydrogens is 444 g/mol. The number of carbonyl (C=O) groups is 3. The van der Waals surface area contributed by atoms with Gasteiger partial charge in [-0.25, -0.2) is 0 Å². The number of halogens is 1. The lowest BCUT2D eigenvalue weighted by molar-refractivity contribution is -0.125. The van der Waals surface area contributed by atoms with E-state index >= 15 is 0 Å². The molecule has 0 radical (unpaired) electrons. The number of tetrazole rings is 1. The van der Waals surface area contributed by atoms with E-state index in [-0.39, 0.29) is 18.1 Å². The van der Waals surface area contributed by atoms with Gasteiger partial charge in [0.25, 0.3) is 0 Å². The molecule has 3 rings (SSSR count). The van der Waals surface area contributed by atoms with Crippen molar-refractivity contribution in [3.05, 3.63) is 71.0 Å². The van der Waals surface area contributed by atoms with Gasteiger partial charge in [0.2, 0.25) is 11.8 Å². The standard InChI is InChI=1S/C23H23ClN6O3/c1-3-20(22(32)12-16-4-8-19(9-5-16)26-15(2)31)27-23(33)11-6-17-13-18(24)7-10-21(17)30-14-25-28-29-30/h4-11,13-14,20H,3,12H2,1-2H3,(H,26,31)(H,27,33)/b11-6+/t20-/m0/s1. The Balaban J connectivity index is 1.64. The summed E-state index contributed by atoms with van der Waals surface area (Å²) in [5.74, 6) is -0.675. The number of aromatic nitrogens is 4. The fourth-order valence-corrected chi connectivity index (χ4v) is 3.35. The molecule has 33 heavy (non-hydrogen) atoms. The molecule has 0 saturated carbocycles. The lowest BCUT2D eigenvalue weighted by Crippen LogP contribution is -2.40. The molecule has 0 aliphatic rings. The molecule has 2 amide bonds. The third-order valence-corrected chi connectivity index (χ3v) is 5.00. The summed E-state index contributed by atoms with van der Waals surface area (Å²) in [5, 5.41) is 17.0. The monoisotopic (exact) mass is 466 g/mol. The van der Waals surface area contributed by atoms with Crippen LogP contribution in [-0.2, 0) is 20.8 Å². The maximum Gasteiger partial charge on any atom is 0.244 e. The number of anilines is 1. The quantitative estimate of drug-likeness (QED) is 0.468. The van der Waals surface area contributed by atoms with Crippen molar-refractivity contribution in [2.45, 2.75) is 32.7 Å². The molecule has 0 fully saturated rings. The number of ketones is 1. The summed E-state index contributed by atoms with van der Waals surface area (Å²) in [5.41, 5.74) is 2.75. The van der Waals surface area contributed by atoms with Crippen molar-refractivity contribution >= 4 is 41.0 Å². The number of hydrogen-bond donors (Lipinski definition) is 2. The Morgan fingerprint density at radius 3 is 2.55 bits per heavy atom. The highest BCUT2D eigenvalue weighted by Crippen LogP contribution is 2.20. The number of carbonyl (C=O) groups excluding carboxylic acids is 3. The highest BCUT2D eigenvalue weighted by molar-refractivity contribution is 6.30. The maximum absolute atomic E-state index is 12.7. The third-order valence-electron chi connectivity index (χ3n) is 4.77. The average Bonchev–Trinajstić information content (AvgIpc) is 3.31. The van der Waals surface area contributed by atoms with Crippen LogP contribution in [0.25, 0.3) is 11.8 Å². The van der Waals surface area contributed by atoms with E-state index in [4.69, 9.17) is 11.6 Å². The number of Topliss-reactive ketones (excluding diaryl/α,β-unsaturated/α-hetero) is 1. The first kappa shape index (κ1) is 23.8. The Kier molecular flexibility index (Phi) is 8.04. The molecule has 2 N–H and O–H groups in total. The molecule has 2 aromatic carbocycles. The summed E-state index contributed by atoms with van der Waals surface area (Å²) < 4.78 is 1.46. The SMILES string of the molecule is CC[C@H](NC(=O)/C=C/c1cc(Cl)ccc1-n1cnnn1)C(=O)Cc1ccc(NC(C)=O)cc1. The van der Waals surface area contributed by atoms with Gasteiger partial charge in [-0.3, -0.25) is 14.4 Å². The zero-order valence-electron chi connectivity index (χ0n) is 18.2. The van der Waals surface area contributed by atoms with Crippen molar-refractivity contribution in [2.75, 3.05) is 5.32 Å². The van der Waals surface area contributed by atoms with E-state index in [0.717, 1.165) is 5.56 Å². The molecule has 0 bridgehead atoms. The van der Waals surface area contributed by atoms with E-state index in [1.807, 2.05) is 6.92 Å². The minimum Gasteiger partial charge on any atom is -0.343 e. The van der Waals surface area contributed by atoms with Crippen molar-refractivity contribution in [3.63, 3.8) is 0 Å². The van der Waals surface area contributed by atoms with E-state index in [2.05, 4.69) is 26.2 Å². The van der Waals surface area contributed by atoms with Crippen LogP contribution in [0.4, 0.5) is 5.69 Å². The zero-order chi connectivity index (χ0) is 23.8. The molecule has 170 valence electrons. The van der Waals surface area contributed by atoms with Crippen LogP contribution in [0.15, 0.2) is 54.9 Å². The van der Waals surface area contributed by atoms with E-state index in [1.165, 1.54) is 24.0 Å². The van der Waals surface area contributed by atoms with Gasteiger partial charge in [-0.15, -0.1) is 5.10 Å². The largest absolute Gasteiger partial charge is 0.343 e. The molecule has 1 heterocycles. The van der Waals surface area contributed by atoms with Crippen molar-refractivity contribution < 1.29 is 14.4 Å². The highest BCUT2D eigenvalue weighted by Gasteiger charge is 2.18. The molecule has 0 saturated heterocycles. The van der Waals surface area contributed by atoms with Crippen LogP contribution >= 0.6 is 11.6 Å². The Hall–Kier alpha value is -3.85. The molecule has 0 aliphatic heterocycles. The van der Waals surface area contributed by atoms with Crippen LogP contribution in [-0.4, -0.2) is 43.8 Å². The second-order valence-corrected chi connectivity index (χ2v) is 7.72. The van der Waals surface area contributed by atoms with Gasteiger partial charge in [0, 0.05) is 35.7 Å². The van der Waals surface area contributed by atoms with Crippen LogP contribution in [0, 0.1) is 0 Å². The van der Waals surface area contributed by atoms with Gasteiger partial charge in [-0.1, -0.05) is 30.7 Å². The van der Waals surface area contributed by atoms with Crippen LogP contribution in [0.1, 0.15) is 31.4 Å². The molecule has 10 heteroatoms. The van der Waals surface area contributed by atoms with E-state index in [0.29, 0.717) is 28.4 Å². The lowest BCUT2D eigenvalue weighted by atomic mass is 10.0. The van der Waals surface area contributed by atoms with Crippen molar-refractivity contribution in [3.8, 4) is 5.69 Å². The first-order valence-corrected chi connectivity index (χ1v) is 10.6. The third kappa shape index (κ3) is 6.81.